The van der Waals surface area contributed by atoms with Crippen molar-refractivity contribution in [2.45, 2.75) is 38.8 Å². The van der Waals surface area contributed by atoms with Crippen molar-refractivity contribution in [2.24, 2.45) is 0 Å². The molecule has 0 saturated heterocycles. The molecule has 1 aromatic rings. The molecule has 104 valence electrons. The van der Waals surface area contributed by atoms with Crippen LogP contribution in [0.3, 0.4) is 0 Å². The first-order chi connectivity index (χ1) is 9.04. The van der Waals surface area contributed by atoms with E-state index in [1.165, 1.54) is 0 Å². The van der Waals surface area contributed by atoms with Gasteiger partial charge in [-0.25, -0.2) is 0 Å². The highest BCUT2D eigenvalue weighted by molar-refractivity contribution is 5.97. The zero-order valence-electron chi connectivity index (χ0n) is 11.9. The summed E-state index contributed by atoms with van der Waals surface area (Å²) in [5.74, 6) is 0.937. The molecule has 3 atom stereocenters. The van der Waals surface area contributed by atoms with E-state index in [0.717, 1.165) is 11.3 Å². The van der Waals surface area contributed by atoms with Gasteiger partial charge < -0.3 is 14.8 Å². The van der Waals surface area contributed by atoms with Crippen LogP contribution in [0.15, 0.2) is 18.2 Å². The molecule has 1 aliphatic heterocycles. The van der Waals surface area contributed by atoms with Crippen molar-refractivity contribution in [3.05, 3.63) is 29.3 Å². The fraction of sp³-hybridized carbons (Fsp3) is 0.533. The second kappa shape index (κ2) is 5.61. The van der Waals surface area contributed by atoms with Gasteiger partial charge in [0.2, 0.25) is 0 Å². The Morgan fingerprint density at radius 2 is 2.21 bits per heavy atom. The molecule has 1 N–H and O–H groups in total. The molecular formula is C15H21NO3. The Bertz CT molecular complexity index is 472. The highest BCUT2D eigenvalue weighted by Crippen LogP contribution is 2.40. The van der Waals surface area contributed by atoms with Crippen LogP contribution in [-0.4, -0.2) is 31.8 Å². The van der Waals surface area contributed by atoms with Crippen LogP contribution in [0.1, 0.15) is 42.6 Å². The maximum Gasteiger partial charge on any atom is 0.255 e. The molecule has 1 aromatic carbocycles. The first kappa shape index (κ1) is 13.9. The van der Waals surface area contributed by atoms with Gasteiger partial charge in [0.05, 0.1) is 12.2 Å². The van der Waals surface area contributed by atoms with Gasteiger partial charge in [0.1, 0.15) is 11.9 Å². The van der Waals surface area contributed by atoms with Crippen LogP contribution in [0.4, 0.5) is 0 Å². The Morgan fingerprint density at radius 3 is 2.89 bits per heavy atom. The van der Waals surface area contributed by atoms with Crippen LogP contribution in [0.25, 0.3) is 0 Å². The van der Waals surface area contributed by atoms with Crippen molar-refractivity contribution in [2.75, 3.05) is 13.7 Å². The summed E-state index contributed by atoms with van der Waals surface area (Å²) in [5, 5.41) is 2.91. The van der Waals surface area contributed by atoms with Gasteiger partial charge in [-0.1, -0.05) is 19.1 Å². The summed E-state index contributed by atoms with van der Waals surface area (Å²) in [4.78, 5) is 12.3. The molecule has 1 heterocycles. The Balaban J connectivity index is 2.21. The third kappa shape index (κ3) is 2.73. The SMILES string of the molecule is COC[C@H](C)NC(=O)c1cccc2c1O[C@H](C)[C@@H]2C. The number of hydrogen-bond acceptors (Lipinski definition) is 3. The Labute approximate surface area is 114 Å². The van der Waals surface area contributed by atoms with Crippen LogP contribution >= 0.6 is 0 Å². The molecule has 0 spiro atoms. The molecule has 0 radical (unpaired) electrons. The van der Waals surface area contributed by atoms with E-state index in [9.17, 15) is 4.79 Å². The van der Waals surface area contributed by atoms with Crippen molar-refractivity contribution in [1.82, 2.24) is 5.32 Å². The number of fused-ring (bicyclic) bond motifs is 1. The zero-order valence-corrected chi connectivity index (χ0v) is 11.9. The molecule has 2 rings (SSSR count). The molecule has 0 saturated carbocycles. The van der Waals surface area contributed by atoms with E-state index < -0.39 is 0 Å². The van der Waals surface area contributed by atoms with Gasteiger partial charge >= 0.3 is 0 Å². The molecule has 1 amide bonds. The first-order valence-corrected chi connectivity index (χ1v) is 6.64. The van der Waals surface area contributed by atoms with Crippen molar-refractivity contribution in [3.63, 3.8) is 0 Å². The minimum atomic E-state index is -0.109. The van der Waals surface area contributed by atoms with E-state index in [0.29, 0.717) is 18.1 Å². The summed E-state index contributed by atoms with van der Waals surface area (Å²) in [5.41, 5.74) is 1.72. The average Bonchev–Trinajstić information content (AvgIpc) is 2.65. The predicted molar refractivity (Wildman–Crippen MR) is 73.8 cm³/mol. The smallest absolute Gasteiger partial charge is 0.255 e. The lowest BCUT2D eigenvalue weighted by Gasteiger charge is -2.14. The van der Waals surface area contributed by atoms with Crippen LogP contribution in [0.2, 0.25) is 0 Å². The monoisotopic (exact) mass is 263 g/mol. The minimum absolute atomic E-state index is 0.0235. The first-order valence-electron chi connectivity index (χ1n) is 6.64. The number of methoxy groups -OCH3 is 1. The van der Waals surface area contributed by atoms with Gasteiger partial charge in [0.25, 0.3) is 5.91 Å². The van der Waals surface area contributed by atoms with Crippen LogP contribution in [0.5, 0.6) is 5.75 Å². The number of rotatable bonds is 4. The number of nitrogens with one attached hydrogen (secondary N) is 1. The van der Waals surface area contributed by atoms with E-state index in [1.807, 2.05) is 26.0 Å². The highest BCUT2D eigenvalue weighted by Gasteiger charge is 2.31. The minimum Gasteiger partial charge on any atom is -0.489 e. The standard InChI is InChI=1S/C15H21NO3/c1-9(8-18-4)16-15(17)13-7-5-6-12-10(2)11(3)19-14(12)13/h5-7,9-11H,8H2,1-4H3,(H,16,17)/t9-,10-,11+/m0/s1. The Kier molecular flexibility index (Phi) is 4.10. The van der Waals surface area contributed by atoms with Gasteiger partial charge in [-0.2, -0.15) is 0 Å². The van der Waals surface area contributed by atoms with Crippen molar-refractivity contribution >= 4 is 5.91 Å². The zero-order chi connectivity index (χ0) is 14.0. The van der Waals surface area contributed by atoms with Crippen molar-refractivity contribution < 1.29 is 14.3 Å². The number of benzene rings is 1. The molecule has 4 heteroatoms. The van der Waals surface area contributed by atoms with E-state index in [2.05, 4.69) is 12.2 Å². The second-order valence-corrected chi connectivity index (χ2v) is 5.17. The predicted octanol–water partition coefficient (Wildman–Crippen LogP) is 2.34. The maximum atomic E-state index is 12.3. The lowest BCUT2D eigenvalue weighted by molar-refractivity contribution is 0.0900. The second-order valence-electron chi connectivity index (χ2n) is 5.17. The van der Waals surface area contributed by atoms with Crippen molar-refractivity contribution in [3.8, 4) is 5.75 Å². The van der Waals surface area contributed by atoms with Crippen LogP contribution in [-0.2, 0) is 4.74 Å². The summed E-state index contributed by atoms with van der Waals surface area (Å²) in [6.07, 6.45) is 0.111. The molecule has 0 aromatic heterocycles. The van der Waals surface area contributed by atoms with Gasteiger partial charge in [-0.15, -0.1) is 0 Å². The molecule has 19 heavy (non-hydrogen) atoms. The average molecular weight is 263 g/mol. The van der Waals surface area contributed by atoms with Gasteiger partial charge in [-0.05, 0) is 19.9 Å². The fourth-order valence-electron chi connectivity index (χ4n) is 2.36. The fourth-order valence-corrected chi connectivity index (χ4v) is 2.36. The highest BCUT2D eigenvalue weighted by atomic mass is 16.5. The topological polar surface area (TPSA) is 47.6 Å². The van der Waals surface area contributed by atoms with E-state index >= 15 is 0 Å². The lowest BCUT2D eigenvalue weighted by Crippen LogP contribution is -2.35. The third-order valence-electron chi connectivity index (χ3n) is 3.58. The van der Waals surface area contributed by atoms with E-state index in [1.54, 1.807) is 13.2 Å². The molecule has 4 nitrogen and oxygen atoms in total. The van der Waals surface area contributed by atoms with E-state index in [4.69, 9.17) is 9.47 Å². The molecular weight excluding hydrogens is 242 g/mol. The lowest BCUT2D eigenvalue weighted by atomic mass is 9.97. The number of amides is 1. The normalized spacial score (nSPS) is 22.5. The summed E-state index contributed by atoms with van der Waals surface area (Å²) in [7, 11) is 1.62. The Morgan fingerprint density at radius 1 is 1.47 bits per heavy atom. The summed E-state index contributed by atoms with van der Waals surface area (Å²) >= 11 is 0. The van der Waals surface area contributed by atoms with Crippen LogP contribution in [0, 0.1) is 0 Å². The molecule has 0 bridgehead atoms. The number of ether oxygens (including phenoxy) is 2. The molecule has 0 fully saturated rings. The maximum absolute atomic E-state index is 12.3. The molecule has 1 aliphatic rings. The van der Waals surface area contributed by atoms with Crippen molar-refractivity contribution in [1.29, 1.82) is 0 Å². The summed E-state index contributed by atoms with van der Waals surface area (Å²) in [6, 6.07) is 5.72. The van der Waals surface area contributed by atoms with Gasteiger partial charge in [0.15, 0.2) is 0 Å². The Hall–Kier alpha value is -1.55. The van der Waals surface area contributed by atoms with Gasteiger partial charge in [-0.3, -0.25) is 4.79 Å². The van der Waals surface area contributed by atoms with Gasteiger partial charge in [0, 0.05) is 24.6 Å². The molecule has 0 unspecified atom stereocenters. The third-order valence-corrected chi connectivity index (χ3v) is 3.58. The molecule has 0 aliphatic carbocycles. The largest absolute Gasteiger partial charge is 0.489 e. The number of carbonyl (C=O) groups excluding carboxylic acids is 1. The number of carbonyl (C=O) groups is 1. The number of hydrogen-bond donors (Lipinski definition) is 1. The summed E-state index contributed by atoms with van der Waals surface area (Å²) < 4.78 is 10.8. The van der Waals surface area contributed by atoms with Crippen LogP contribution < -0.4 is 10.1 Å². The van der Waals surface area contributed by atoms with E-state index in [-0.39, 0.29) is 18.1 Å². The summed E-state index contributed by atoms with van der Waals surface area (Å²) in [6.45, 7) is 6.55. The number of para-hydroxylation sites is 1. The quantitative estimate of drug-likeness (QED) is 0.907.